The minimum Gasteiger partial charge on any atom is -0.497 e. The van der Waals surface area contributed by atoms with E-state index in [1.807, 2.05) is 6.07 Å². The van der Waals surface area contributed by atoms with E-state index in [4.69, 9.17) is 9.47 Å². The van der Waals surface area contributed by atoms with Crippen LogP contribution in [0.2, 0.25) is 0 Å². The van der Waals surface area contributed by atoms with Gasteiger partial charge in [-0.25, -0.2) is 0 Å². The second-order valence-electron chi connectivity index (χ2n) is 4.77. The summed E-state index contributed by atoms with van der Waals surface area (Å²) in [5.74, 6) is 0.472. The van der Waals surface area contributed by atoms with Gasteiger partial charge in [0.1, 0.15) is 18.1 Å². The summed E-state index contributed by atoms with van der Waals surface area (Å²) in [7, 11) is 1.56. The molecule has 1 aromatic carbocycles. The zero-order valence-corrected chi connectivity index (χ0v) is 12.7. The first kappa shape index (κ1) is 16.8. The lowest BCUT2D eigenvalue weighted by Crippen LogP contribution is -2.38. The molecule has 8 heteroatoms. The van der Waals surface area contributed by atoms with Crippen molar-refractivity contribution in [3.63, 3.8) is 0 Å². The molecule has 1 unspecified atom stereocenters. The van der Waals surface area contributed by atoms with Crippen LogP contribution in [-0.4, -0.2) is 37.4 Å². The van der Waals surface area contributed by atoms with Gasteiger partial charge in [0.2, 0.25) is 5.91 Å². The Balaban J connectivity index is 1.83. The predicted octanol–water partition coefficient (Wildman–Crippen LogP) is 2.62. The number of hydrogen-bond donors (Lipinski definition) is 1. The molecule has 4 nitrogen and oxygen atoms in total. The van der Waals surface area contributed by atoms with Gasteiger partial charge in [0.25, 0.3) is 0 Å². The third-order valence-corrected chi connectivity index (χ3v) is 3.95. The third kappa shape index (κ3) is 4.72. The van der Waals surface area contributed by atoms with Crippen molar-refractivity contribution in [2.75, 3.05) is 26.0 Å². The van der Waals surface area contributed by atoms with Crippen LogP contribution in [0.5, 0.6) is 11.5 Å². The first-order chi connectivity index (χ1) is 10.4. The maximum absolute atomic E-state index is 12.0. The zero-order chi connectivity index (χ0) is 16.2. The summed E-state index contributed by atoms with van der Waals surface area (Å²) in [5.41, 5.74) is -3.38. The summed E-state index contributed by atoms with van der Waals surface area (Å²) in [6.45, 7) is 0.188. The highest BCUT2D eigenvalue weighted by Crippen LogP contribution is 2.31. The highest BCUT2D eigenvalue weighted by molar-refractivity contribution is 8.00. The van der Waals surface area contributed by atoms with Gasteiger partial charge in [-0.1, -0.05) is 6.07 Å². The normalized spacial score (nSPS) is 17.4. The van der Waals surface area contributed by atoms with E-state index in [2.05, 4.69) is 5.32 Å². The molecule has 0 spiro atoms. The molecule has 1 amide bonds. The van der Waals surface area contributed by atoms with Gasteiger partial charge in [0.05, 0.1) is 13.0 Å². The Morgan fingerprint density at radius 1 is 1.50 bits per heavy atom. The molecule has 1 aromatic rings. The van der Waals surface area contributed by atoms with E-state index < -0.39 is 11.4 Å². The number of carbonyl (C=O) groups excluding carboxylic acids is 1. The molecular weight excluding hydrogens is 319 g/mol. The highest BCUT2D eigenvalue weighted by atomic mass is 32.2. The molecular formula is C14H16F3NO3S. The minimum atomic E-state index is -4.27. The van der Waals surface area contributed by atoms with Crippen molar-refractivity contribution in [2.45, 2.75) is 11.9 Å². The van der Waals surface area contributed by atoms with Crippen LogP contribution in [0.25, 0.3) is 0 Å². The van der Waals surface area contributed by atoms with Gasteiger partial charge < -0.3 is 14.8 Å². The Hall–Kier alpha value is -1.57. The molecule has 0 saturated carbocycles. The molecule has 1 heterocycles. The Morgan fingerprint density at radius 3 is 2.95 bits per heavy atom. The molecule has 0 bridgehead atoms. The number of alkyl halides is 3. The van der Waals surface area contributed by atoms with Crippen LogP contribution in [0.1, 0.15) is 5.56 Å². The lowest BCUT2D eigenvalue weighted by molar-refractivity contribution is -0.126. The monoisotopic (exact) mass is 335 g/mol. The second-order valence-corrected chi connectivity index (χ2v) is 5.93. The van der Waals surface area contributed by atoms with E-state index >= 15 is 0 Å². The van der Waals surface area contributed by atoms with Crippen LogP contribution >= 0.6 is 11.8 Å². The summed E-state index contributed by atoms with van der Waals surface area (Å²) >= 11 is -0.145. The average molecular weight is 335 g/mol. The standard InChI is InChI=1S/C14H16F3NO3S/c1-20-11-3-2-9-6-10(8-21-12(9)7-11)13(19)18-4-5-22-14(15,16)17/h2-3,7,10H,4-6,8H2,1H3,(H,18,19). The first-order valence-corrected chi connectivity index (χ1v) is 7.65. The summed E-state index contributed by atoms with van der Waals surface area (Å²) in [4.78, 5) is 11.9. The Bertz CT molecular complexity index is 537. The molecule has 22 heavy (non-hydrogen) atoms. The largest absolute Gasteiger partial charge is 0.497 e. The maximum atomic E-state index is 12.0. The fourth-order valence-corrected chi connectivity index (χ4v) is 2.57. The van der Waals surface area contributed by atoms with Gasteiger partial charge in [-0.15, -0.1) is 0 Å². The van der Waals surface area contributed by atoms with Gasteiger partial charge in [0.15, 0.2) is 0 Å². The number of ether oxygens (including phenoxy) is 2. The molecule has 0 radical (unpaired) electrons. The molecule has 0 aromatic heterocycles. The molecule has 0 fully saturated rings. The quantitative estimate of drug-likeness (QED) is 0.841. The number of halogens is 3. The van der Waals surface area contributed by atoms with Crippen molar-refractivity contribution in [1.29, 1.82) is 0 Å². The number of rotatable bonds is 5. The number of carbonyl (C=O) groups is 1. The van der Waals surface area contributed by atoms with Gasteiger partial charge in [-0.3, -0.25) is 4.79 Å². The van der Waals surface area contributed by atoms with Gasteiger partial charge in [-0.2, -0.15) is 13.2 Å². The number of methoxy groups -OCH3 is 1. The molecule has 0 aliphatic carbocycles. The second kappa shape index (κ2) is 7.13. The van der Waals surface area contributed by atoms with E-state index in [1.165, 1.54) is 0 Å². The molecule has 1 aliphatic heterocycles. The van der Waals surface area contributed by atoms with E-state index in [9.17, 15) is 18.0 Å². The maximum Gasteiger partial charge on any atom is 0.441 e. The SMILES string of the molecule is COc1ccc2c(c1)OCC(C(=O)NCCSC(F)(F)F)C2. The number of fused-ring (bicyclic) bond motifs is 1. The predicted molar refractivity (Wildman–Crippen MR) is 77.2 cm³/mol. The van der Waals surface area contributed by atoms with Gasteiger partial charge in [0, 0.05) is 18.4 Å². The van der Waals surface area contributed by atoms with Crippen LogP contribution in [0.3, 0.4) is 0 Å². The summed E-state index contributed by atoms with van der Waals surface area (Å²) < 4.78 is 46.6. The molecule has 2 rings (SSSR count). The van der Waals surface area contributed by atoms with Gasteiger partial charge in [-0.05, 0) is 29.8 Å². The fraction of sp³-hybridized carbons (Fsp3) is 0.500. The van der Waals surface area contributed by atoms with Crippen LogP contribution in [0, 0.1) is 5.92 Å². The van der Waals surface area contributed by atoms with Crippen LogP contribution in [0.15, 0.2) is 18.2 Å². The van der Waals surface area contributed by atoms with Crippen LogP contribution in [0.4, 0.5) is 13.2 Å². The van der Waals surface area contributed by atoms with Crippen LogP contribution < -0.4 is 14.8 Å². The van der Waals surface area contributed by atoms with Crippen molar-refractivity contribution >= 4 is 17.7 Å². The average Bonchev–Trinajstić information content (AvgIpc) is 2.49. The molecule has 1 N–H and O–H groups in total. The third-order valence-electron chi connectivity index (χ3n) is 3.22. The number of amides is 1. The fourth-order valence-electron chi connectivity index (χ4n) is 2.13. The topological polar surface area (TPSA) is 47.6 Å². The van der Waals surface area contributed by atoms with E-state index in [0.717, 1.165) is 5.56 Å². The Labute approximate surface area is 130 Å². The summed E-state index contributed by atoms with van der Waals surface area (Å²) in [6.07, 6.45) is 0.498. The van der Waals surface area contributed by atoms with E-state index in [-0.39, 0.29) is 36.6 Å². The highest BCUT2D eigenvalue weighted by Gasteiger charge is 2.29. The van der Waals surface area contributed by atoms with E-state index in [0.29, 0.717) is 17.9 Å². The number of hydrogen-bond acceptors (Lipinski definition) is 4. The smallest absolute Gasteiger partial charge is 0.441 e. The van der Waals surface area contributed by atoms with Crippen molar-refractivity contribution in [3.05, 3.63) is 23.8 Å². The van der Waals surface area contributed by atoms with Crippen molar-refractivity contribution < 1.29 is 27.4 Å². The Kier molecular flexibility index (Phi) is 5.44. The molecule has 1 aliphatic rings. The van der Waals surface area contributed by atoms with Gasteiger partial charge >= 0.3 is 5.51 Å². The molecule has 122 valence electrons. The van der Waals surface area contributed by atoms with Crippen molar-refractivity contribution in [3.8, 4) is 11.5 Å². The summed E-state index contributed by atoms with van der Waals surface area (Å²) in [6, 6.07) is 5.36. The number of thioether (sulfide) groups is 1. The van der Waals surface area contributed by atoms with Crippen molar-refractivity contribution in [2.24, 2.45) is 5.92 Å². The van der Waals surface area contributed by atoms with E-state index in [1.54, 1.807) is 19.2 Å². The number of benzene rings is 1. The summed E-state index contributed by atoms with van der Waals surface area (Å²) in [5, 5.41) is 2.51. The minimum absolute atomic E-state index is 0.0189. The number of nitrogens with one attached hydrogen (secondary N) is 1. The lowest BCUT2D eigenvalue weighted by atomic mass is 9.96. The lowest BCUT2D eigenvalue weighted by Gasteiger charge is -2.25. The van der Waals surface area contributed by atoms with Crippen LogP contribution in [-0.2, 0) is 11.2 Å². The molecule has 0 saturated heterocycles. The van der Waals surface area contributed by atoms with Crippen molar-refractivity contribution in [1.82, 2.24) is 5.32 Å². The Morgan fingerprint density at radius 2 is 2.27 bits per heavy atom. The first-order valence-electron chi connectivity index (χ1n) is 6.67. The zero-order valence-electron chi connectivity index (χ0n) is 11.9. The molecule has 1 atom stereocenters.